The molecule has 4 heteroatoms. The van der Waals surface area contributed by atoms with Crippen LogP contribution in [0.4, 0.5) is 0 Å². The van der Waals surface area contributed by atoms with Crippen molar-refractivity contribution >= 4 is 13.8 Å². The molecule has 16 heavy (non-hydrogen) atoms. The van der Waals surface area contributed by atoms with Gasteiger partial charge in [-0.05, 0) is 25.0 Å². The zero-order chi connectivity index (χ0) is 12.2. The van der Waals surface area contributed by atoms with Gasteiger partial charge in [0.15, 0.2) is 0 Å². The maximum absolute atomic E-state index is 11.6. The summed E-state index contributed by atoms with van der Waals surface area (Å²) >= 11 is 0. The molecule has 0 saturated carbocycles. The van der Waals surface area contributed by atoms with E-state index in [2.05, 4.69) is 5.32 Å². The summed E-state index contributed by atoms with van der Waals surface area (Å²) in [6, 6.07) is 9.43. The summed E-state index contributed by atoms with van der Waals surface area (Å²) in [6.07, 6.45) is 0.237. The van der Waals surface area contributed by atoms with Crippen LogP contribution in [0.3, 0.4) is 0 Å². The van der Waals surface area contributed by atoms with Crippen LogP contribution >= 0.6 is 0 Å². The third-order valence-electron chi connectivity index (χ3n) is 2.24. The summed E-state index contributed by atoms with van der Waals surface area (Å²) in [4.78, 5) is 11.6. The van der Waals surface area contributed by atoms with Gasteiger partial charge in [0.25, 0.3) is 0 Å². The number of nitriles is 1. The molecule has 2 radical (unpaired) electrons. The largest absolute Gasteiger partial charge is 0.346 e. The number of amides is 1. The topological polar surface area (TPSA) is 52.9 Å². The molecule has 0 spiro atoms. The molecule has 1 atom stereocenters. The van der Waals surface area contributed by atoms with Crippen molar-refractivity contribution in [2.24, 2.45) is 0 Å². The smallest absolute Gasteiger partial charge is 0.225 e. The Morgan fingerprint density at radius 3 is 2.75 bits per heavy atom. The van der Waals surface area contributed by atoms with Gasteiger partial charge < -0.3 is 5.32 Å². The van der Waals surface area contributed by atoms with Crippen LogP contribution in [0.2, 0.25) is 0 Å². The quantitative estimate of drug-likeness (QED) is 0.761. The molecule has 1 aromatic rings. The number of benzene rings is 1. The summed E-state index contributed by atoms with van der Waals surface area (Å²) in [5.74, 6) is -0.249. The molecule has 1 rings (SSSR count). The minimum Gasteiger partial charge on any atom is -0.346 e. The highest BCUT2D eigenvalue weighted by atomic mass is 16.1. The molecule has 0 aliphatic heterocycles. The molecule has 0 aliphatic rings. The Labute approximate surface area is 96.9 Å². The van der Waals surface area contributed by atoms with E-state index in [4.69, 9.17) is 13.1 Å². The molecule has 80 valence electrons. The van der Waals surface area contributed by atoms with Gasteiger partial charge in [0.1, 0.15) is 7.85 Å². The fraction of sp³-hybridized carbons (Fsp3) is 0.333. The average Bonchev–Trinajstić information content (AvgIpc) is 2.21. The molecule has 1 unspecified atom stereocenters. The van der Waals surface area contributed by atoms with E-state index >= 15 is 0 Å². The van der Waals surface area contributed by atoms with Crippen molar-refractivity contribution in [2.75, 3.05) is 0 Å². The molecule has 0 fully saturated rings. The summed E-state index contributed by atoms with van der Waals surface area (Å²) in [5.41, 5.74) is 0.682. The maximum Gasteiger partial charge on any atom is 0.225 e. The van der Waals surface area contributed by atoms with Crippen molar-refractivity contribution in [2.45, 2.75) is 25.7 Å². The number of hydrogen-bond donors (Lipinski definition) is 1. The van der Waals surface area contributed by atoms with E-state index in [1.807, 2.05) is 37.3 Å². The van der Waals surface area contributed by atoms with Crippen LogP contribution < -0.4 is 5.32 Å². The van der Waals surface area contributed by atoms with Gasteiger partial charge in [-0.1, -0.05) is 24.3 Å². The van der Waals surface area contributed by atoms with Crippen molar-refractivity contribution in [1.82, 2.24) is 5.32 Å². The lowest BCUT2D eigenvalue weighted by Gasteiger charge is -2.18. The van der Waals surface area contributed by atoms with Crippen LogP contribution in [0.25, 0.3) is 0 Å². The monoisotopic (exact) mass is 212 g/mol. The summed E-state index contributed by atoms with van der Waals surface area (Å²) in [7, 11) is 5.52. The molecule has 0 heterocycles. The van der Waals surface area contributed by atoms with Gasteiger partial charge in [-0.25, -0.2) is 0 Å². The average molecular weight is 212 g/mol. The summed E-state index contributed by atoms with van der Waals surface area (Å²) in [5, 5.41) is 11.1. The maximum atomic E-state index is 11.6. The number of carbonyl (C=O) groups excluding carboxylic acids is 1. The van der Waals surface area contributed by atoms with Gasteiger partial charge >= 0.3 is 0 Å². The van der Waals surface area contributed by atoms with Gasteiger partial charge in [-0.15, -0.1) is 0 Å². The van der Waals surface area contributed by atoms with E-state index in [9.17, 15) is 4.79 Å². The molecular weight excluding hydrogens is 199 g/mol. The van der Waals surface area contributed by atoms with Crippen LogP contribution in [-0.4, -0.2) is 19.2 Å². The first-order valence-corrected chi connectivity index (χ1v) is 5.00. The summed E-state index contributed by atoms with van der Waals surface area (Å²) < 4.78 is 0. The lowest BCUT2D eigenvalue weighted by molar-refractivity contribution is -0.121. The fourth-order valence-corrected chi connectivity index (χ4v) is 1.34. The Morgan fingerprint density at radius 1 is 1.56 bits per heavy atom. The van der Waals surface area contributed by atoms with Crippen molar-refractivity contribution < 1.29 is 4.79 Å². The third kappa shape index (κ3) is 3.43. The number of rotatable bonds is 3. The van der Waals surface area contributed by atoms with Crippen molar-refractivity contribution in [1.29, 1.82) is 5.26 Å². The first-order valence-electron chi connectivity index (χ1n) is 5.00. The van der Waals surface area contributed by atoms with Crippen LogP contribution in [0.15, 0.2) is 24.3 Å². The molecule has 0 aromatic heterocycles. The Hall–Kier alpha value is -1.76. The second kappa shape index (κ2) is 4.85. The zero-order valence-electron chi connectivity index (χ0n) is 9.45. The lowest BCUT2D eigenvalue weighted by Crippen LogP contribution is -2.45. The molecule has 1 amide bonds. The van der Waals surface area contributed by atoms with Gasteiger partial charge in [-0.2, -0.15) is 5.26 Å². The van der Waals surface area contributed by atoms with Crippen LogP contribution in [0, 0.1) is 18.3 Å². The Kier molecular flexibility index (Phi) is 3.73. The Bertz CT molecular complexity index is 435. The van der Waals surface area contributed by atoms with E-state index in [1.165, 1.54) is 6.92 Å². The highest BCUT2D eigenvalue weighted by Gasteiger charge is 2.18. The predicted octanol–water partition coefficient (Wildman–Crippen LogP) is 1.06. The van der Waals surface area contributed by atoms with E-state index in [-0.39, 0.29) is 12.3 Å². The molecular formula is C12H13BN2O. The number of carbonyl (C=O) groups is 1. The molecule has 1 N–H and O–H groups in total. The van der Waals surface area contributed by atoms with Gasteiger partial charge in [0.2, 0.25) is 5.91 Å². The SMILES string of the molecule is [B]C(C)(C#N)NC(=O)Cc1ccccc1C. The number of nitrogens with zero attached hydrogens (tertiary/aromatic N) is 1. The van der Waals surface area contributed by atoms with Crippen molar-refractivity contribution in [3.63, 3.8) is 0 Å². The van der Waals surface area contributed by atoms with Crippen LogP contribution in [0.5, 0.6) is 0 Å². The minimum atomic E-state index is -1.31. The fourth-order valence-electron chi connectivity index (χ4n) is 1.34. The minimum absolute atomic E-state index is 0.237. The molecule has 3 nitrogen and oxygen atoms in total. The van der Waals surface area contributed by atoms with Crippen LogP contribution in [0.1, 0.15) is 18.1 Å². The predicted molar refractivity (Wildman–Crippen MR) is 62.8 cm³/mol. The molecule has 0 aliphatic carbocycles. The van der Waals surface area contributed by atoms with Crippen molar-refractivity contribution in [3.8, 4) is 6.07 Å². The second-order valence-electron chi connectivity index (χ2n) is 3.97. The van der Waals surface area contributed by atoms with Crippen molar-refractivity contribution in [3.05, 3.63) is 35.4 Å². The normalized spacial score (nSPS) is 13.6. The number of nitrogens with one attached hydrogen (secondary N) is 1. The van der Waals surface area contributed by atoms with E-state index in [1.54, 1.807) is 0 Å². The first-order chi connectivity index (χ1) is 7.44. The standard InChI is InChI=1S/C12H13BN2O/c1-9-5-3-4-6-10(9)7-11(16)15-12(2,13)8-14/h3-6H,7H2,1-2H3,(H,15,16). The number of hydrogen-bond acceptors (Lipinski definition) is 2. The molecule has 1 aromatic carbocycles. The Morgan fingerprint density at radius 2 is 2.19 bits per heavy atom. The van der Waals surface area contributed by atoms with E-state index < -0.39 is 5.44 Å². The lowest BCUT2D eigenvalue weighted by atomic mass is 9.81. The Balaban J connectivity index is 2.67. The molecule has 0 saturated heterocycles. The highest BCUT2D eigenvalue weighted by molar-refractivity contribution is 6.18. The van der Waals surface area contributed by atoms with E-state index in [0.29, 0.717) is 0 Å². The molecule has 0 bridgehead atoms. The van der Waals surface area contributed by atoms with Gasteiger partial charge in [-0.3, -0.25) is 4.79 Å². The van der Waals surface area contributed by atoms with E-state index in [0.717, 1.165) is 11.1 Å². The highest BCUT2D eigenvalue weighted by Crippen LogP contribution is 2.08. The second-order valence-corrected chi connectivity index (χ2v) is 3.97. The summed E-state index contributed by atoms with van der Waals surface area (Å²) in [6.45, 7) is 3.40. The first kappa shape index (κ1) is 12.3. The van der Waals surface area contributed by atoms with Gasteiger partial charge in [0.05, 0.1) is 17.9 Å². The zero-order valence-corrected chi connectivity index (χ0v) is 9.45. The number of aryl methyl sites for hydroxylation is 1. The third-order valence-corrected chi connectivity index (χ3v) is 2.24. The van der Waals surface area contributed by atoms with Crippen LogP contribution in [-0.2, 0) is 11.2 Å². The van der Waals surface area contributed by atoms with Gasteiger partial charge in [0, 0.05) is 0 Å².